The number of benzene rings is 1. The van der Waals surface area contributed by atoms with Gasteiger partial charge in [0.15, 0.2) is 0 Å². The van der Waals surface area contributed by atoms with Crippen LogP contribution in [0.1, 0.15) is 38.2 Å². The average Bonchev–Trinajstić information content (AvgIpc) is 2.59. The number of halogens is 1. The standard InChI is InChI=1S/C21H29ClO4/c1-4-5-16(12-17-7-8-18(24)13-20(17)22)6-9-21(25)19(10-11-23)15(2)14-26-3/h7-8,10,12-13,21,23-25H,2,4-6,9,11,14H2,1,3H3/b16-12+,19-10-. The summed E-state index contributed by atoms with van der Waals surface area (Å²) in [5.41, 5.74) is 3.29. The predicted molar refractivity (Wildman–Crippen MR) is 107 cm³/mol. The molecule has 5 heteroatoms. The second-order valence-electron chi connectivity index (χ2n) is 6.19. The number of allylic oxidation sites excluding steroid dienone is 1. The average molecular weight is 381 g/mol. The van der Waals surface area contributed by atoms with E-state index in [4.69, 9.17) is 16.3 Å². The van der Waals surface area contributed by atoms with Gasteiger partial charge in [-0.15, -0.1) is 0 Å². The molecule has 4 nitrogen and oxygen atoms in total. The number of methoxy groups -OCH3 is 1. The van der Waals surface area contributed by atoms with E-state index in [1.807, 2.05) is 6.08 Å². The molecule has 26 heavy (non-hydrogen) atoms. The maximum absolute atomic E-state index is 10.5. The van der Waals surface area contributed by atoms with Gasteiger partial charge in [-0.3, -0.25) is 0 Å². The summed E-state index contributed by atoms with van der Waals surface area (Å²) in [6, 6.07) is 4.90. The van der Waals surface area contributed by atoms with E-state index in [9.17, 15) is 15.3 Å². The second-order valence-corrected chi connectivity index (χ2v) is 6.60. The Balaban J connectivity index is 2.88. The van der Waals surface area contributed by atoms with Crippen LogP contribution in [0.15, 0.2) is 47.6 Å². The van der Waals surface area contributed by atoms with E-state index in [2.05, 4.69) is 13.5 Å². The van der Waals surface area contributed by atoms with E-state index in [0.717, 1.165) is 18.4 Å². The molecule has 1 aromatic carbocycles. The van der Waals surface area contributed by atoms with Gasteiger partial charge in [-0.1, -0.05) is 49.2 Å². The monoisotopic (exact) mass is 380 g/mol. The largest absolute Gasteiger partial charge is 0.508 e. The van der Waals surface area contributed by atoms with Crippen LogP contribution in [-0.4, -0.2) is 41.7 Å². The van der Waals surface area contributed by atoms with Crippen LogP contribution < -0.4 is 0 Å². The first-order valence-corrected chi connectivity index (χ1v) is 9.14. The highest BCUT2D eigenvalue weighted by Gasteiger charge is 2.15. The number of phenolic OH excluding ortho intramolecular Hbond substituents is 1. The molecule has 0 radical (unpaired) electrons. The molecule has 0 saturated carbocycles. The molecule has 0 aliphatic rings. The van der Waals surface area contributed by atoms with Crippen molar-refractivity contribution in [2.24, 2.45) is 0 Å². The van der Waals surface area contributed by atoms with Crippen molar-refractivity contribution in [3.63, 3.8) is 0 Å². The molecule has 0 heterocycles. The number of rotatable bonds is 11. The minimum atomic E-state index is -0.722. The van der Waals surface area contributed by atoms with Crippen molar-refractivity contribution in [3.8, 4) is 5.75 Å². The Morgan fingerprint density at radius 1 is 1.35 bits per heavy atom. The van der Waals surface area contributed by atoms with Gasteiger partial charge < -0.3 is 20.1 Å². The fourth-order valence-electron chi connectivity index (χ4n) is 2.79. The van der Waals surface area contributed by atoms with Gasteiger partial charge in [-0.25, -0.2) is 0 Å². The molecular formula is C21H29ClO4. The Labute approximate surface area is 161 Å². The highest BCUT2D eigenvalue weighted by Crippen LogP contribution is 2.27. The van der Waals surface area contributed by atoms with E-state index in [1.165, 1.54) is 11.6 Å². The summed E-state index contributed by atoms with van der Waals surface area (Å²) in [5, 5.41) is 29.7. The first-order valence-electron chi connectivity index (χ1n) is 8.76. The SMILES string of the molecule is C=C(COC)/C(=C/CO)C(O)CC/C(=C/c1ccc(O)cc1Cl)CCC. The minimum Gasteiger partial charge on any atom is -0.508 e. The van der Waals surface area contributed by atoms with Crippen LogP contribution in [0.25, 0.3) is 6.08 Å². The predicted octanol–water partition coefficient (Wildman–Crippen LogP) is 4.49. The molecule has 0 saturated heterocycles. The highest BCUT2D eigenvalue weighted by atomic mass is 35.5. The van der Waals surface area contributed by atoms with Gasteiger partial charge in [0.05, 0.1) is 24.3 Å². The topological polar surface area (TPSA) is 69.9 Å². The van der Waals surface area contributed by atoms with E-state index >= 15 is 0 Å². The second kappa shape index (κ2) is 11.9. The molecule has 0 aliphatic heterocycles. The first kappa shape index (κ1) is 22.5. The maximum Gasteiger partial charge on any atom is 0.117 e. The third-order valence-electron chi connectivity index (χ3n) is 4.05. The van der Waals surface area contributed by atoms with Gasteiger partial charge in [-0.05, 0) is 54.2 Å². The Morgan fingerprint density at radius 2 is 2.08 bits per heavy atom. The van der Waals surface area contributed by atoms with Crippen molar-refractivity contribution in [1.82, 2.24) is 0 Å². The summed E-state index contributed by atoms with van der Waals surface area (Å²) in [6.07, 6.45) is 5.93. The molecular weight excluding hydrogens is 352 g/mol. The third kappa shape index (κ3) is 7.34. The molecule has 1 unspecified atom stereocenters. The van der Waals surface area contributed by atoms with Gasteiger partial charge in [0.1, 0.15) is 5.75 Å². The molecule has 0 fully saturated rings. The number of hydrogen-bond donors (Lipinski definition) is 3. The zero-order valence-electron chi connectivity index (χ0n) is 15.5. The van der Waals surface area contributed by atoms with Gasteiger partial charge >= 0.3 is 0 Å². The quantitative estimate of drug-likeness (QED) is 0.494. The lowest BCUT2D eigenvalue weighted by molar-refractivity contribution is 0.189. The zero-order chi connectivity index (χ0) is 19.5. The van der Waals surface area contributed by atoms with Crippen LogP contribution >= 0.6 is 11.6 Å². The molecule has 0 spiro atoms. The molecule has 3 N–H and O–H groups in total. The Kier molecular flexibility index (Phi) is 10.3. The lowest BCUT2D eigenvalue weighted by Crippen LogP contribution is -2.15. The van der Waals surface area contributed by atoms with Crippen molar-refractivity contribution < 1.29 is 20.1 Å². The third-order valence-corrected chi connectivity index (χ3v) is 4.38. The van der Waals surface area contributed by atoms with Crippen LogP contribution in [0.5, 0.6) is 5.75 Å². The molecule has 0 aliphatic carbocycles. The fourth-order valence-corrected chi connectivity index (χ4v) is 3.02. The number of phenols is 1. The minimum absolute atomic E-state index is 0.134. The van der Waals surface area contributed by atoms with Gasteiger partial charge in [0, 0.05) is 7.11 Å². The number of hydrogen-bond acceptors (Lipinski definition) is 4. The summed E-state index contributed by atoms with van der Waals surface area (Å²) in [7, 11) is 1.57. The van der Waals surface area contributed by atoms with E-state index in [1.54, 1.807) is 25.3 Å². The fraction of sp³-hybridized carbons (Fsp3) is 0.429. The van der Waals surface area contributed by atoms with Crippen LogP contribution in [0.4, 0.5) is 0 Å². The number of ether oxygens (including phenoxy) is 1. The van der Waals surface area contributed by atoms with Gasteiger partial charge in [0.25, 0.3) is 0 Å². The smallest absolute Gasteiger partial charge is 0.117 e. The lowest BCUT2D eigenvalue weighted by Gasteiger charge is -2.18. The summed E-state index contributed by atoms with van der Waals surface area (Å²) < 4.78 is 5.07. The number of aromatic hydroxyl groups is 1. The van der Waals surface area contributed by atoms with Crippen LogP contribution in [0, 0.1) is 0 Å². The number of aliphatic hydroxyl groups excluding tert-OH is 2. The molecule has 1 atom stereocenters. The van der Waals surface area contributed by atoms with E-state index in [-0.39, 0.29) is 12.4 Å². The summed E-state index contributed by atoms with van der Waals surface area (Å²) in [6.45, 7) is 6.17. The van der Waals surface area contributed by atoms with Gasteiger partial charge in [-0.2, -0.15) is 0 Å². The van der Waals surface area contributed by atoms with Crippen molar-refractivity contribution >= 4 is 17.7 Å². The number of aliphatic hydroxyl groups is 2. The summed E-state index contributed by atoms with van der Waals surface area (Å²) in [4.78, 5) is 0. The molecule has 1 rings (SSSR count). The zero-order valence-corrected chi connectivity index (χ0v) is 16.3. The molecule has 0 amide bonds. The van der Waals surface area contributed by atoms with Crippen molar-refractivity contribution in [1.29, 1.82) is 0 Å². The lowest BCUT2D eigenvalue weighted by atomic mass is 9.94. The van der Waals surface area contributed by atoms with Crippen molar-refractivity contribution in [3.05, 3.63) is 58.2 Å². The molecule has 0 bridgehead atoms. The van der Waals surface area contributed by atoms with Gasteiger partial charge in [0.2, 0.25) is 0 Å². The normalized spacial score (nSPS) is 13.7. The van der Waals surface area contributed by atoms with Crippen LogP contribution in [0.2, 0.25) is 5.02 Å². The molecule has 1 aromatic rings. The highest BCUT2D eigenvalue weighted by molar-refractivity contribution is 6.32. The Morgan fingerprint density at radius 3 is 2.65 bits per heavy atom. The van der Waals surface area contributed by atoms with Crippen LogP contribution in [-0.2, 0) is 4.74 Å². The summed E-state index contributed by atoms with van der Waals surface area (Å²) >= 11 is 6.19. The summed E-state index contributed by atoms with van der Waals surface area (Å²) in [5.74, 6) is 0.134. The van der Waals surface area contributed by atoms with E-state index in [0.29, 0.717) is 35.6 Å². The first-order chi connectivity index (χ1) is 12.4. The van der Waals surface area contributed by atoms with Crippen molar-refractivity contribution in [2.45, 2.75) is 38.7 Å². The van der Waals surface area contributed by atoms with Crippen molar-refractivity contribution in [2.75, 3.05) is 20.3 Å². The molecule has 0 aromatic heterocycles. The Hall–Kier alpha value is -1.59. The Bertz CT molecular complexity index is 649. The van der Waals surface area contributed by atoms with Crippen LogP contribution in [0.3, 0.4) is 0 Å². The molecule has 144 valence electrons. The maximum atomic E-state index is 10.5. The van der Waals surface area contributed by atoms with E-state index < -0.39 is 6.10 Å².